The normalized spacial score (nSPS) is 15.8. The van der Waals surface area contributed by atoms with Gasteiger partial charge in [-0.1, -0.05) is 0 Å². The maximum atomic E-state index is 13.3. The van der Waals surface area contributed by atoms with Crippen molar-refractivity contribution in [1.29, 1.82) is 0 Å². The number of halogens is 3. The molecule has 4 rings (SSSR count). The fourth-order valence-corrected chi connectivity index (χ4v) is 4.63. The lowest BCUT2D eigenvalue weighted by atomic mass is 10.2. The van der Waals surface area contributed by atoms with Crippen LogP contribution in [0.2, 0.25) is 0 Å². The van der Waals surface area contributed by atoms with Gasteiger partial charge in [0, 0.05) is 37.3 Å². The minimum Gasteiger partial charge on any atom is -0.379 e. The van der Waals surface area contributed by atoms with E-state index < -0.39 is 28.9 Å². The number of nitrogens with zero attached hydrogens (tertiary/aromatic N) is 6. The first-order valence-electron chi connectivity index (χ1n) is 10.7. The number of carbonyl (C=O) groups is 1. The summed E-state index contributed by atoms with van der Waals surface area (Å²) in [5.74, 6) is -0.0396. The molecule has 3 aromatic rings. The van der Waals surface area contributed by atoms with Crippen LogP contribution in [0.25, 0.3) is 10.9 Å². The highest BCUT2D eigenvalue weighted by Gasteiger charge is 2.38. The minimum absolute atomic E-state index is 0.0192. The van der Waals surface area contributed by atoms with E-state index in [-0.39, 0.29) is 31.1 Å². The number of hydrogen-bond acceptors (Lipinski definition) is 8. The number of piperazine rings is 1. The molecule has 1 fully saturated rings. The molecule has 4 heterocycles. The fraction of sp³-hybridized carbons (Fsp3) is 0.550. The molecule has 1 amide bonds. The Labute approximate surface area is 196 Å². The summed E-state index contributed by atoms with van der Waals surface area (Å²) >= 11 is 1.62. The number of thiazole rings is 1. The molecule has 1 unspecified atom stereocenters. The highest BCUT2D eigenvalue weighted by Crippen LogP contribution is 2.33. The molecule has 0 aromatic carbocycles. The number of hydrogen-bond donors (Lipinski definition) is 1. The Morgan fingerprint density at radius 1 is 1.26 bits per heavy atom. The van der Waals surface area contributed by atoms with Crippen LogP contribution in [0.4, 0.5) is 18.3 Å². The Morgan fingerprint density at radius 2 is 2.00 bits per heavy atom. The van der Waals surface area contributed by atoms with Crippen LogP contribution in [0.5, 0.6) is 0 Å². The molecule has 0 spiro atoms. The summed E-state index contributed by atoms with van der Waals surface area (Å²) in [5.41, 5.74) is -2.25. The number of nitrogens with one attached hydrogen (secondary N) is 1. The zero-order valence-corrected chi connectivity index (χ0v) is 19.4. The molecule has 14 heteroatoms. The zero-order valence-electron chi connectivity index (χ0n) is 18.6. The monoisotopic (exact) mass is 499 g/mol. The van der Waals surface area contributed by atoms with Crippen molar-refractivity contribution < 1.29 is 22.7 Å². The number of fused-ring (bicyclic) bond motifs is 1. The van der Waals surface area contributed by atoms with Crippen LogP contribution in [-0.4, -0.2) is 75.2 Å². The maximum Gasteiger partial charge on any atom is 0.435 e. The molecule has 0 saturated carbocycles. The largest absolute Gasteiger partial charge is 0.435 e. The highest BCUT2D eigenvalue weighted by atomic mass is 32.1. The SMILES string of the molecule is Cc1cnc(N2CCN(C(=O)CCOCC(C)n3nc(C(F)(F)F)c4c(=O)[nH]ncc43)CC2)s1. The number of rotatable bonds is 7. The van der Waals surface area contributed by atoms with Crippen molar-refractivity contribution in [3.8, 4) is 0 Å². The molecule has 184 valence electrons. The first kappa shape index (κ1) is 24.1. The van der Waals surface area contributed by atoms with Crippen molar-refractivity contribution in [1.82, 2.24) is 29.9 Å². The second-order valence-corrected chi connectivity index (χ2v) is 9.26. The van der Waals surface area contributed by atoms with E-state index in [1.165, 1.54) is 0 Å². The molecular weight excluding hydrogens is 475 g/mol. The standard InChI is InChI=1S/C20H24F3N7O3S/c1-12(30-14-10-25-26-18(32)16(14)17(27-30)20(21,22)23)11-33-8-3-15(31)28-4-6-29(7-5-28)19-24-9-13(2)34-19/h9-10,12H,3-8,11H2,1-2H3,(H,26,32). The molecule has 1 aliphatic rings. The quantitative estimate of drug-likeness (QED) is 0.497. The van der Waals surface area contributed by atoms with Gasteiger partial charge in [0.1, 0.15) is 5.39 Å². The lowest BCUT2D eigenvalue weighted by Gasteiger charge is -2.34. The van der Waals surface area contributed by atoms with Crippen molar-refractivity contribution in [3.63, 3.8) is 0 Å². The molecule has 0 bridgehead atoms. The first-order chi connectivity index (χ1) is 16.1. The third-order valence-electron chi connectivity index (χ3n) is 5.54. The third-order valence-corrected chi connectivity index (χ3v) is 6.52. The topological polar surface area (TPSA) is 109 Å². The summed E-state index contributed by atoms with van der Waals surface area (Å²) in [7, 11) is 0. The third kappa shape index (κ3) is 5.06. The van der Waals surface area contributed by atoms with E-state index >= 15 is 0 Å². The van der Waals surface area contributed by atoms with Crippen LogP contribution in [0.15, 0.2) is 17.2 Å². The van der Waals surface area contributed by atoms with Crippen molar-refractivity contribution in [2.75, 3.05) is 44.3 Å². The van der Waals surface area contributed by atoms with Crippen LogP contribution < -0.4 is 10.5 Å². The Kier molecular flexibility index (Phi) is 6.89. The van der Waals surface area contributed by atoms with E-state index in [0.717, 1.165) is 20.9 Å². The number of aryl methyl sites for hydroxylation is 1. The molecule has 3 aromatic heterocycles. The Balaban J connectivity index is 1.28. The second-order valence-electron chi connectivity index (χ2n) is 8.05. The van der Waals surface area contributed by atoms with Gasteiger partial charge in [0.2, 0.25) is 5.91 Å². The number of H-pyrrole nitrogens is 1. The highest BCUT2D eigenvalue weighted by molar-refractivity contribution is 7.15. The maximum absolute atomic E-state index is 13.3. The van der Waals surface area contributed by atoms with E-state index in [0.29, 0.717) is 26.2 Å². The van der Waals surface area contributed by atoms with Gasteiger partial charge in [-0.2, -0.15) is 23.4 Å². The first-order valence-corrected chi connectivity index (χ1v) is 11.5. The van der Waals surface area contributed by atoms with Gasteiger partial charge < -0.3 is 14.5 Å². The second kappa shape index (κ2) is 9.70. The van der Waals surface area contributed by atoms with Gasteiger partial charge >= 0.3 is 6.18 Å². The van der Waals surface area contributed by atoms with Gasteiger partial charge in [0.05, 0.1) is 37.4 Å². The van der Waals surface area contributed by atoms with Crippen molar-refractivity contribution in [2.45, 2.75) is 32.5 Å². The van der Waals surface area contributed by atoms with E-state index in [2.05, 4.69) is 20.1 Å². The van der Waals surface area contributed by atoms with Crippen molar-refractivity contribution >= 4 is 33.3 Å². The summed E-state index contributed by atoms with van der Waals surface area (Å²) in [4.78, 5) is 33.9. The number of carbonyl (C=O) groups excluding carboxylic acids is 1. The smallest absolute Gasteiger partial charge is 0.379 e. The zero-order chi connectivity index (χ0) is 24.5. The van der Waals surface area contributed by atoms with E-state index in [1.807, 2.05) is 18.2 Å². The number of aromatic nitrogens is 5. The van der Waals surface area contributed by atoms with Gasteiger partial charge in [0.25, 0.3) is 5.56 Å². The summed E-state index contributed by atoms with van der Waals surface area (Å²) in [6.45, 7) is 6.36. The minimum atomic E-state index is -4.78. The van der Waals surface area contributed by atoms with Crippen LogP contribution >= 0.6 is 11.3 Å². The summed E-state index contributed by atoms with van der Waals surface area (Å²) in [6.07, 6.45) is -1.66. The number of anilines is 1. The predicted molar refractivity (Wildman–Crippen MR) is 119 cm³/mol. The summed E-state index contributed by atoms with van der Waals surface area (Å²) in [5, 5.41) is 9.60. The van der Waals surface area contributed by atoms with Crippen LogP contribution in [0.3, 0.4) is 0 Å². The molecule has 1 aliphatic heterocycles. The molecule has 0 radical (unpaired) electrons. The number of aromatic amines is 1. The summed E-state index contributed by atoms with van der Waals surface area (Å²) in [6, 6.07) is -0.609. The molecule has 10 nitrogen and oxygen atoms in total. The number of alkyl halides is 3. The van der Waals surface area contributed by atoms with Crippen LogP contribution in [0, 0.1) is 6.92 Å². The average molecular weight is 500 g/mol. The van der Waals surface area contributed by atoms with Crippen LogP contribution in [-0.2, 0) is 15.7 Å². The predicted octanol–water partition coefficient (Wildman–Crippen LogP) is 2.22. The van der Waals surface area contributed by atoms with E-state index in [4.69, 9.17) is 4.74 Å². The van der Waals surface area contributed by atoms with Gasteiger partial charge in [0.15, 0.2) is 10.8 Å². The van der Waals surface area contributed by atoms with E-state index in [9.17, 15) is 22.8 Å². The number of amides is 1. The lowest BCUT2D eigenvalue weighted by molar-refractivity contribution is -0.140. The molecule has 1 saturated heterocycles. The summed E-state index contributed by atoms with van der Waals surface area (Å²) < 4.78 is 46.7. The van der Waals surface area contributed by atoms with Gasteiger partial charge in [-0.15, -0.1) is 11.3 Å². The van der Waals surface area contributed by atoms with Crippen molar-refractivity contribution in [3.05, 3.63) is 33.3 Å². The molecule has 1 atom stereocenters. The Morgan fingerprint density at radius 3 is 2.65 bits per heavy atom. The molecule has 1 N–H and O–H groups in total. The average Bonchev–Trinajstić information content (AvgIpc) is 3.41. The van der Waals surface area contributed by atoms with Crippen molar-refractivity contribution in [2.24, 2.45) is 0 Å². The van der Waals surface area contributed by atoms with Crippen LogP contribution in [0.1, 0.15) is 30.0 Å². The van der Waals surface area contributed by atoms with Gasteiger partial charge in [-0.05, 0) is 13.8 Å². The molecule has 34 heavy (non-hydrogen) atoms. The Hall–Kier alpha value is -3.00. The Bertz CT molecular complexity index is 1210. The lowest BCUT2D eigenvalue weighted by Crippen LogP contribution is -2.49. The van der Waals surface area contributed by atoms with E-state index in [1.54, 1.807) is 23.2 Å². The number of ether oxygens (including phenoxy) is 1. The van der Waals surface area contributed by atoms with Gasteiger partial charge in [-0.25, -0.2) is 10.1 Å². The molecular formula is C20H24F3N7O3S. The molecule has 0 aliphatic carbocycles. The fourth-order valence-electron chi connectivity index (χ4n) is 3.82. The van der Waals surface area contributed by atoms with Gasteiger partial charge in [-0.3, -0.25) is 14.3 Å².